The minimum Gasteiger partial charge on any atom is -0.357 e. The zero-order valence-corrected chi connectivity index (χ0v) is 18.5. The summed E-state index contributed by atoms with van der Waals surface area (Å²) in [5.41, 5.74) is 2.34. The molecule has 0 aliphatic heterocycles. The van der Waals surface area contributed by atoms with Crippen LogP contribution < -0.4 is 10.6 Å². The van der Waals surface area contributed by atoms with Crippen molar-refractivity contribution in [3.05, 3.63) is 45.7 Å². The van der Waals surface area contributed by atoms with Gasteiger partial charge in [-0.25, -0.2) is 9.98 Å². The molecule has 0 amide bonds. The molecule has 0 unspecified atom stereocenters. The smallest absolute Gasteiger partial charge is 0.191 e. The van der Waals surface area contributed by atoms with E-state index < -0.39 is 0 Å². The van der Waals surface area contributed by atoms with Crippen LogP contribution in [0.2, 0.25) is 0 Å². The summed E-state index contributed by atoms with van der Waals surface area (Å²) in [5.74, 6) is 0.853. The summed E-state index contributed by atoms with van der Waals surface area (Å²) < 4.78 is 0. The Morgan fingerprint density at radius 2 is 2.12 bits per heavy atom. The summed E-state index contributed by atoms with van der Waals surface area (Å²) in [6.07, 6.45) is 8.96. The van der Waals surface area contributed by atoms with Gasteiger partial charge in [-0.1, -0.05) is 6.07 Å². The van der Waals surface area contributed by atoms with Gasteiger partial charge >= 0.3 is 0 Å². The molecule has 0 spiro atoms. The van der Waals surface area contributed by atoms with Gasteiger partial charge in [-0.15, -0.1) is 35.3 Å². The molecule has 2 aromatic rings. The number of nitrogens with one attached hydrogen (secondary N) is 2. The Labute approximate surface area is 177 Å². The molecule has 142 valence electrons. The van der Waals surface area contributed by atoms with Crippen LogP contribution in [0.25, 0.3) is 0 Å². The number of pyridine rings is 1. The first-order valence-corrected chi connectivity index (χ1v) is 10.1. The fourth-order valence-corrected chi connectivity index (χ4v) is 4.15. The maximum Gasteiger partial charge on any atom is 0.191 e. The Hall–Kier alpha value is -1.22. The number of thiazole rings is 1. The molecule has 2 N–H and O–H groups in total. The average molecular weight is 485 g/mol. The normalized spacial score (nSPS) is 13.7. The topological polar surface area (TPSA) is 62.2 Å². The molecule has 2 aromatic heterocycles. The highest BCUT2D eigenvalue weighted by Crippen LogP contribution is 2.27. The molecule has 2 heterocycles. The van der Waals surface area contributed by atoms with Crippen molar-refractivity contribution in [3.63, 3.8) is 0 Å². The van der Waals surface area contributed by atoms with Crippen molar-refractivity contribution in [2.75, 3.05) is 13.1 Å². The third kappa shape index (κ3) is 6.50. The predicted molar refractivity (Wildman–Crippen MR) is 120 cm³/mol. The SMILES string of the molecule is CCNC(=NCc1ccccn1)NCCCc1nc2c(s1)CCCC2.I. The fraction of sp³-hybridized carbons (Fsp3) is 0.526. The largest absolute Gasteiger partial charge is 0.357 e. The number of aliphatic imine (C=N–C) groups is 1. The van der Waals surface area contributed by atoms with Gasteiger partial charge in [0, 0.05) is 30.6 Å². The summed E-state index contributed by atoms with van der Waals surface area (Å²) in [4.78, 5) is 15.3. The van der Waals surface area contributed by atoms with Crippen LogP contribution in [0.3, 0.4) is 0 Å². The molecule has 7 heteroatoms. The van der Waals surface area contributed by atoms with E-state index >= 15 is 0 Å². The van der Waals surface area contributed by atoms with Gasteiger partial charge in [0.1, 0.15) is 0 Å². The molecule has 1 aliphatic carbocycles. The average Bonchev–Trinajstić information content (AvgIpc) is 3.07. The van der Waals surface area contributed by atoms with Gasteiger partial charge in [-0.3, -0.25) is 4.98 Å². The Balaban J connectivity index is 0.00000243. The number of hydrogen-bond donors (Lipinski definition) is 2. The molecule has 3 rings (SSSR count). The minimum absolute atomic E-state index is 0. The Morgan fingerprint density at radius 1 is 1.23 bits per heavy atom. The standard InChI is InChI=1S/C19H27N5S.HI/c1-2-20-19(23-14-15-8-5-6-12-21-15)22-13-7-11-18-24-16-9-3-4-10-17(16)25-18;/h5-6,8,12H,2-4,7,9-11,13-14H2,1H3,(H2,20,22,23);1H. The zero-order chi connectivity index (χ0) is 17.3. The van der Waals surface area contributed by atoms with Crippen molar-refractivity contribution in [2.45, 2.75) is 52.0 Å². The van der Waals surface area contributed by atoms with Crippen molar-refractivity contribution in [2.24, 2.45) is 4.99 Å². The molecule has 0 aromatic carbocycles. The van der Waals surface area contributed by atoms with E-state index in [4.69, 9.17) is 4.98 Å². The molecule has 0 atom stereocenters. The lowest BCUT2D eigenvalue weighted by molar-refractivity contribution is 0.678. The summed E-state index contributed by atoms with van der Waals surface area (Å²) in [6.45, 7) is 4.43. The van der Waals surface area contributed by atoms with Crippen molar-refractivity contribution in [3.8, 4) is 0 Å². The molecule has 0 fully saturated rings. The highest BCUT2D eigenvalue weighted by molar-refractivity contribution is 14.0. The molecule has 0 bridgehead atoms. The van der Waals surface area contributed by atoms with E-state index in [1.165, 1.54) is 41.3 Å². The van der Waals surface area contributed by atoms with Crippen LogP contribution in [0.4, 0.5) is 0 Å². The second kappa shape index (κ2) is 11.5. The van der Waals surface area contributed by atoms with Crippen LogP contribution in [-0.4, -0.2) is 29.0 Å². The number of rotatable bonds is 7. The zero-order valence-electron chi connectivity index (χ0n) is 15.3. The number of nitrogens with zero attached hydrogens (tertiary/aromatic N) is 3. The van der Waals surface area contributed by atoms with Gasteiger partial charge < -0.3 is 10.6 Å². The van der Waals surface area contributed by atoms with E-state index in [9.17, 15) is 0 Å². The van der Waals surface area contributed by atoms with E-state index in [1.54, 1.807) is 6.20 Å². The van der Waals surface area contributed by atoms with E-state index in [1.807, 2.05) is 29.5 Å². The first-order valence-electron chi connectivity index (χ1n) is 9.24. The lowest BCUT2D eigenvalue weighted by atomic mass is 10.0. The number of guanidine groups is 1. The van der Waals surface area contributed by atoms with Crippen LogP contribution in [0, 0.1) is 0 Å². The first-order chi connectivity index (χ1) is 12.3. The van der Waals surface area contributed by atoms with Crippen LogP contribution in [0.5, 0.6) is 0 Å². The summed E-state index contributed by atoms with van der Waals surface area (Å²) in [7, 11) is 0. The lowest BCUT2D eigenvalue weighted by Gasteiger charge is -2.10. The second-order valence-electron chi connectivity index (χ2n) is 6.23. The molecular formula is C19H28IN5S. The molecule has 5 nitrogen and oxygen atoms in total. The second-order valence-corrected chi connectivity index (χ2v) is 7.40. The summed E-state index contributed by atoms with van der Waals surface area (Å²) >= 11 is 1.92. The number of hydrogen-bond acceptors (Lipinski definition) is 4. The quantitative estimate of drug-likeness (QED) is 0.272. The van der Waals surface area contributed by atoms with Gasteiger partial charge in [0.2, 0.25) is 0 Å². The number of aromatic nitrogens is 2. The van der Waals surface area contributed by atoms with Gasteiger partial charge in [-0.2, -0.15) is 0 Å². The highest BCUT2D eigenvalue weighted by atomic mass is 127. The van der Waals surface area contributed by atoms with Gasteiger partial charge in [0.05, 0.1) is 22.9 Å². The van der Waals surface area contributed by atoms with Crippen LogP contribution in [0.1, 0.15) is 47.5 Å². The predicted octanol–water partition coefficient (Wildman–Crippen LogP) is 3.72. The summed E-state index contributed by atoms with van der Waals surface area (Å²) in [6, 6.07) is 5.91. The fourth-order valence-electron chi connectivity index (χ4n) is 2.95. The van der Waals surface area contributed by atoms with Crippen molar-refractivity contribution in [1.29, 1.82) is 0 Å². The van der Waals surface area contributed by atoms with E-state index in [0.29, 0.717) is 6.54 Å². The molecule has 0 saturated heterocycles. The molecule has 1 aliphatic rings. The Bertz CT molecular complexity index is 663. The maximum absolute atomic E-state index is 4.82. The number of halogens is 1. The molecule has 26 heavy (non-hydrogen) atoms. The van der Waals surface area contributed by atoms with E-state index in [0.717, 1.165) is 37.6 Å². The Morgan fingerprint density at radius 3 is 2.88 bits per heavy atom. The van der Waals surface area contributed by atoms with E-state index in [2.05, 4.69) is 27.5 Å². The first kappa shape index (κ1) is 21.1. The van der Waals surface area contributed by atoms with Crippen molar-refractivity contribution >= 4 is 41.3 Å². The molecule has 0 radical (unpaired) electrons. The third-order valence-corrected chi connectivity index (χ3v) is 5.44. The van der Waals surface area contributed by atoms with E-state index in [-0.39, 0.29) is 24.0 Å². The van der Waals surface area contributed by atoms with Crippen molar-refractivity contribution in [1.82, 2.24) is 20.6 Å². The number of aryl methyl sites for hydroxylation is 3. The molecule has 0 saturated carbocycles. The van der Waals surface area contributed by atoms with Crippen molar-refractivity contribution < 1.29 is 0 Å². The molecular weight excluding hydrogens is 457 g/mol. The maximum atomic E-state index is 4.82. The van der Waals surface area contributed by atoms with Gasteiger partial charge in [0.25, 0.3) is 0 Å². The summed E-state index contributed by atoms with van der Waals surface area (Å²) in [5, 5.41) is 8.00. The Kier molecular flexibility index (Phi) is 9.31. The lowest BCUT2D eigenvalue weighted by Crippen LogP contribution is -2.37. The highest BCUT2D eigenvalue weighted by Gasteiger charge is 2.14. The monoisotopic (exact) mass is 485 g/mol. The van der Waals surface area contributed by atoms with Gasteiger partial charge in [0.15, 0.2) is 5.96 Å². The third-order valence-electron chi connectivity index (χ3n) is 4.22. The minimum atomic E-state index is 0. The van der Waals surface area contributed by atoms with Gasteiger partial charge in [-0.05, 0) is 51.2 Å². The van der Waals surface area contributed by atoms with Crippen LogP contribution in [-0.2, 0) is 25.8 Å². The van der Waals surface area contributed by atoms with Crippen LogP contribution in [0.15, 0.2) is 29.4 Å². The number of fused-ring (bicyclic) bond motifs is 1. The van der Waals surface area contributed by atoms with Crippen LogP contribution >= 0.6 is 35.3 Å².